The molecule has 2 N–H and O–H groups in total. The van der Waals surface area contributed by atoms with Gasteiger partial charge in [-0.2, -0.15) is 18.2 Å². The molecule has 3 aromatic carbocycles. The maximum Gasteiger partial charge on any atom is 0.416 e. The van der Waals surface area contributed by atoms with Crippen LogP contribution in [-0.2, 0) is 12.8 Å². The van der Waals surface area contributed by atoms with Crippen LogP contribution >= 0.6 is 0 Å². The molecular weight excluding hydrogens is 412 g/mol. The van der Waals surface area contributed by atoms with E-state index < -0.39 is 11.7 Å². The predicted octanol–water partition coefficient (Wildman–Crippen LogP) is 5.25. The molecule has 0 saturated carbocycles. The molecule has 0 bridgehead atoms. The summed E-state index contributed by atoms with van der Waals surface area (Å²) in [5, 5.41) is 4.34. The number of aromatic nitrogens is 3. The van der Waals surface area contributed by atoms with Crippen LogP contribution in [0.15, 0.2) is 72.8 Å². The fourth-order valence-corrected chi connectivity index (χ4v) is 2.87. The Morgan fingerprint density at radius 2 is 1.52 bits per heavy atom. The third-order valence-corrected chi connectivity index (χ3v) is 4.48. The van der Waals surface area contributed by atoms with Crippen LogP contribution in [0.25, 0.3) is 17.1 Å². The summed E-state index contributed by atoms with van der Waals surface area (Å²) in [7, 11) is 0. The average molecular weight is 428 g/mol. The third kappa shape index (κ3) is 4.66. The van der Waals surface area contributed by atoms with E-state index in [0.717, 1.165) is 12.1 Å². The Bertz CT molecular complexity index is 1170. The molecule has 0 saturated heterocycles. The lowest BCUT2D eigenvalue weighted by molar-refractivity contribution is -0.137. The number of nitrogens with zero attached hydrogens (tertiary/aromatic N) is 3. The largest absolute Gasteiger partial charge is 0.457 e. The van der Waals surface area contributed by atoms with Crippen molar-refractivity contribution in [2.45, 2.75) is 12.8 Å². The molecule has 0 amide bonds. The molecular formula is C22H16F4N4O. The first kappa shape index (κ1) is 20.4. The maximum absolute atomic E-state index is 13.1. The highest BCUT2D eigenvalue weighted by Crippen LogP contribution is 2.31. The second kappa shape index (κ2) is 8.10. The van der Waals surface area contributed by atoms with Crippen LogP contribution in [-0.4, -0.2) is 14.8 Å². The van der Waals surface area contributed by atoms with Crippen molar-refractivity contribution in [3.8, 4) is 23.1 Å². The number of anilines is 1. The van der Waals surface area contributed by atoms with Crippen molar-refractivity contribution in [1.29, 1.82) is 0 Å². The molecule has 0 aliphatic carbocycles. The number of hydrogen-bond donors (Lipinski definition) is 1. The van der Waals surface area contributed by atoms with Gasteiger partial charge >= 0.3 is 12.2 Å². The minimum absolute atomic E-state index is 0.0241. The Balaban J connectivity index is 1.68. The van der Waals surface area contributed by atoms with Gasteiger partial charge in [-0.05, 0) is 54.1 Å². The van der Waals surface area contributed by atoms with Crippen molar-refractivity contribution < 1.29 is 22.3 Å². The second-order valence-electron chi connectivity index (χ2n) is 6.71. The Morgan fingerprint density at radius 1 is 0.871 bits per heavy atom. The molecule has 0 radical (unpaired) electrons. The number of rotatable bonds is 5. The van der Waals surface area contributed by atoms with E-state index in [1.54, 1.807) is 36.4 Å². The molecule has 5 nitrogen and oxygen atoms in total. The van der Waals surface area contributed by atoms with Crippen LogP contribution in [0.1, 0.15) is 11.1 Å². The smallest absolute Gasteiger partial charge is 0.416 e. The molecule has 4 rings (SSSR count). The van der Waals surface area contributed by atoms with Gasteiger partial charge in [-0.1, -0.05) is 24.3 Å². The lowest BCUT2D eigenvalue weighted by Crippen LogP contribution is -2.05. The van der Waals surface area contributed by atoms with Crippen molar-refractivity contribution >= 4 is 5.69 Å². The molecule has 0 fully saturated rings. The molecule has 0 spiro atoms. The van der Waals surface area contributed by atoms with Gasteiger partial charge in [-0.3, -0.25) is 0 Å². The van der Waals surface area contributed by atoms with Crippen LogP contribution in [0.4, 0.5) is 23.2 Å². The van der Waals surface area contributed by atoms with Crippen LogP contribution in [0.2, 0.25) is 0 Å². The van der Waals surface area contributed by atoms with Crippen molar-refractivity contribution in [1.82, 2.24) is 14.8 Å². The normalized spacial score (nSPS) is 11.5. The van der Waals surface area contributed by atoms with Crippen LogP contribution < -0.4 is 10.5 Å². The molecule has 0 aliphatic rings. The zero-order chi connectivity index (χ0) is 22.0. The summed E-state index contributed by atoms with van der Waals surface area (Å²) in [4.78, 5) is 4.35. The van der Waals surface area contributed by atoms with Crippen molar-refractivity contribution in [3.63, 3.8) is 0 Å². The average Bonchev–Trinajstić information content (AvgIpc) is 3.18. The fourth-order valence-electron chi connectivity index (χ4n) is 2.87. The number of nitrogen functional groups attached to an aromatic ring is 1. The molecule has 158 valence electrons. The van der Waals surface area contributed by atoms with Gasteiger partial charge in [-0.25, -0.2) is 9.07 Å². The number of nitrogens with two attached hydrogens (primary N) is 1. The molecule has 4 aromatic rings. The zero-order valence-electron chi connectivity index (χ0n) is 16.0. The summed E-state index contributed by atoms with van der Waals surface area (Å²) in [5.41, 5.74) is 7.26. The minimum atomic E-state index is -4.44. The second-order valence-corrected chi connectivity index (χ2v) is 6.71. The summed E-state index contributed by atoms with van der Waals surface area (Å²) in [5.74, 6) is -0.0632. The van der Waals surface area contributed by atoms with Gasteiger partial charge in [0.05, 0.1) is 11.3 Å². The molecule has 1 aromatic heterocycles. The summed E-state index contributed by atoms with van der Waals surface area (Å²) in [6, 6.07) is 17.2. The van der Waals surface area contributed by atoms with Crippen molar-refractivity contribution in [3.05, 3.63) is 89.7 Å². The quantitative estimate of drug-likeness (QED) is 0.348. The van der Waals surface area contributed by atoms with Gasteiger partial charge in [0.25, 0.3) is 0 Å². The number of halogens is 4. The first-order valence-corrected chi connectivity index (χ1v) is 9.17. The summed E-state index contributed by atoms with van der Waals surface area (Å²) in [6.07, 6.45) is -4.44. The van der Waals surface area contributed by atoms with E-state index in [1.165, 1.54) is 28.9 Å². The summed E-state index contributed by atoms with van der Waals surface area (Å²) in [6.45, 7) is 0.0957. The van der Waals surface area contributed by atoms with Gasteiger partial charge < -0.3 is 10.5 Å². The third-order valence-electron chi connectivity index (χ3n) is 4.48. The Labute approximate surface area is 174 Å². The number of hydrogen-bond acceptors (Lipinski definition) is 4. The fraction of sp³-hybridized carbons (Fsp3) is 0.0909. The van der Waals surface area contributed by atoms with Crippen molar-refractivity contribution in [2.24, 2.45) is 0 Å². The molecule has 0 atom stereocenters. The number of benzene rings is 3. The molecule has 1 heterocycles. The highest BCUT2D eigenvalue weighted by molar-refractivity contribution is 5.59. The Morgan fingerprint density at radius 3 is 2.13 bits per heavy atom. The van der Waals surface area contributed by atoms with E-state index in [9.17, 15) is 17.6 Å². The standard InChI is InChI=1S/C22H16F4N4O/c23-17-7-1-14(2-8-17)13-31-21-28-20(15-3-5-16(6-4-15)22(24,25)26)30(29-21)19-11-9-18(27)10-12-19/h1-12H,13,27H2. The SMILES string of the molecule is Nc1ccc(-n2nc(OCc3ccc(F)cc3)nc2-c2ccc(C(F)(F)F)cc2)cc1. The Kier molecular flexibility index (Phi) is 5.33. The van der Waals surface area contributed by atoms with Crippen LogP contribution in [0, 0.1) is 5.82 Å². The molecule has 9 heteroatoms. The first-order chi connectivity index (χ1) is 14.8. The minimum Gasteiger partial charge on any atom is -0.457 e. The van der Waals surface area contributed by atoms with Crippen LogP contribution in [0.5, 0.6) is 6.01 Å². The summed E-state index contributed by atoms with van der Waals surface area (Å²) < 4.78 is 58.9. The topological polar surface area (TPSA) is 66.0 Å². The number of ether oxygens (including phenoxy) is 1. The Hall–Kier alpha value is -3.88. The first-order valence-electron chi connectivity index (χ1n) is 9.17. The number of alkyl halides is 3. The lowest BCUT2D eigenvalue weighted by atomic mass is 10.1. The molecule has 0 unspecified atom stereocenters. The highest BCUT2D eigenvalue weighted by atomic mass is 19.4. The van der Waals surface area contributed by atoms with E-state index in [1.807, 2.05) is 0 Å². The van der Waals surface area contributed by atoms with E-state index >= 15 is 0 Å². The van der Waals surface area contributed by atoms with E-state index in [0.29, 0.717) is 28.3 Å². The van der Waals surface area contributed by atoms with Crippen LogP contribution in [0.3, 0.4) is 0 Å². The highest BCUT2D eigenvalue weighted by Gasteiger charge is 2.30. The lowest BCUT2D eigenvalue weighted by Gasteiger charge is -2.08. The monoisotopic (exact) mass is 428 g/mol. The van der Waals surface area contributed by atoms with E-state index in [2.05, 4.69) is 10.1 Å². The van der Waals surface area contributed by atoms with E-state index in [4.69, 9.17) is 10.5 Å². The summed E-state index contributed by atoms with van der Waals surface area (Å²) >= 11 is 0. The maximum atomic E-state index is 13.1. The van der Waals surface area contributed by atoms with Gasteiger partial charge in [-0.15, -0.1) is 5.10 Å². The molecule has 31 heavy (non-hydrogen) atoms. The van der Waals surface area contributed by atoms with Gasteiger partial charge in [0.1, 0.15) is 12.4 Å². The van der Waals surface area contributed by atoms with Gasteiger partial charge in [0.15, 0.2) is 5.82 Å². The zero-order valence-corrected chi connectivity index (χ0v) is 16.0. The van der Waals surface area contributed by atoms with E-state index in [-0.39, 0.29) is 18.4 Å². The van der Waals surface area contributed by atoms with Gasteiger partial charge in [0.2, 0.25) is 0 Å². The molecule has 0 aliphatic heterocycles. The van der Waals surface area contributed by atoms with Gasteiger partial charge in [0, 0.05) is 11.3 Å². The van der Waals surface area contributed by atoms with Crippen molar-refractivity contribution in [2.75, 3.05) is 5.73 Å². The predicted molar refractivity (Wildman–Crippen MR) is 107 cm³/mol.